The van der Waals surface area contributed by atoms with Gasteiger partial charge >= 0.3 is 5.69 Å². The van der Waals surface area contributed by atoms with Gasteiger partial charge in [-0.25, -0.2) is 9.89 Å². The Morgan fingerprint density at radius 3 is 2.52 bits per heavy atom. The van der Waals surface area contributed by atoms with Crippen molar-refractivity contribution in [1.29, 1.82) is 0 Å². The summed E-state index contributed by atoms with van der Waals surface area (Å²) in [6, 6.07) is 8.18. The zero-order valence-electron chi connectivity index (χ0n) is 18.4. The molecular weight excluding hydrogens is 394 g/mol. The highest BCUT2D eigenvalue weighted by Gasteiger charge is 2.17. The van der Waals surface area contributed by atoms with Crippen LogP contribution in [-0.4, -0.2) is 66.9 Å². The quantitative estimate of drug-likeness (QED) is 0.518. The monoisotopic (exact) mass is 425 g/mol. The van der Waals surface area contributed by atoms with Crippen molar-refractivity contribution in [1.82, 2.24) is 29.5 Å². The van der Waals surface area contributed by atoms with Gasteiger partial charge in [0.2, 0.25) is 5.95 Å². The number of rotatable bonds is 6. The summed E-state index contributed by atoms with van der Waals surface area (Å²) in [6.45, 7) is 10.0. The molecule has 9 nitrogen and oxygen atoms in total. The predicted molar refractivity (Wildman–Crippen MR) is 120 cm³/mol. The number of hydrogen-bond donors (Lipinski definition) is 3. The van der Waals surface area contributed by atoms with Crippen molar-refractivity contribution in [2.24, 2.45) is 0 Å². The van der Waals surface area contributed by atoms with Gasteiger partial charge in [0.05, 0.1) is 6.10 Å². The number of piperidine rings is 1. The second-order valence-corrected chi connectivity index (χ2v) is 9.22. The topological polar surface area (TPSA) is 111 Å². The van der Waals surface area contributed by atoms with Gasteiger partial charge < -0.3 is 15.3 Å². The maximum absolute atomic E-state index is 11.8. The van der Waals surface area contributed by atoms with Gasteiger partial charge in [0.25, 0.3) is 5.78 Å². The highest BCUT2D eigenvalue weighted by atomic mass is 16.3. The number of anilines is 1. The lowest BCUT2D eigenvalue weighted by molar-refractivity contribution is 0.0825. The molecule has 0 radical (unpaired) electrons. The van der Waals surface area contributed by atoms with Crippen LogP contribution >= 0.6 is 0 Å². The Bertz CT molecular complexity index is 1070. The Morgan fingerprint density at radius 1 is 1.13 bits per heavy atom. The minimum absolute atomic E-state index is 0.0675. The van der Waals surface area contributed by atoms with Crippen molar-refractivity contribution in [3.05, 3.63) is 40.3 Å². The van der Waals surface area contributed by atoms with Crippen LogP contribution in [0.25, 0.3) is 17.2 Å². The number of aliphatic hydroxyl groups excluding tert-OH is 1. The number of aromatic nitrogens is 5. The predicted octanol–water partition coefficient (Wildman–Crippen LogP) is 2.04. The Hall–Kier alpha value is -2.78. The first kappa shape index (κ1) is 21.5. The molecule has 3 heterocycles. The molecule has 1 aliphatic heterocycles. The summed E-state index contributed by atoms with van der Waals surface area (Å²) in [7, 11) is 0. The Kier molecular flexibility index (Phi) is 6.06. The number of aromatic amines is 1. The highest BCUT2D eigenvalue weighted by Crippen LogP contribution is 2.25. The van der Waals surface area contributed by atoms with E-state index in [0.29, 0.717) is 24.1 Å². The molecule has 166 valence electrons. The fraction of sp³-hybridized carbons (Fsp3) is 0.545. The molecule has 0 amide bonds. The average molecular weight is 426 g/mol. The SMILES string of the molecule is CC(C)(C)c1ccc(-c2nc(NCCCN3CCC(O)CC3)n3[nH]c(=O)nc3n2)cc1. The van der Waals surface area contributed by atoms with Gasteiger partial charge in [0.1, 0.15) is 0 Å². The number of nitrogens with one attached hydrogen (secondary N) is 2. The maximum Gasteiger partial charge on any atom is 0.363 e. The molecule has 1 aliphatic rings. The molecular formula is C22H31N7O2. The van der Waals surface area contributed by atoms with Crippen molar-refractivity contribution in [3.8, 4) is 11.4 Å². The van der Waals surface area contributed by atoms with Crippen molar-refractivity contribution in [2.75, 3.05) is 31.5 Å². The third-order valence-electron chi connectivity index (χ3n) is 5.74. The van der Waals surface area contributed by atoms with E-state index in [0.717, 1.165) is 44.5 Å². The smallest absolute Gasteiger partial charge is 0.363 e. The molecule has 2 aromatic heterocycles. The summed E-state index contributed by atoms with van der Waals surface area (Å²) >= 11 is 0. The molecule has 0 spiro atoms. The van der Waals surface area contributed by atoms with Gasteiger partial charge in [-0.2, -0.15) is 19.5 Å². The minimum atomic E-state index is -0.454. The third-order valence-corrected chi connectivity index (χ3v) is 5.74. The van der Waals surface area contributed by atoms with Gasteiger partial charge in [-0.05, 0) is 36.8 Å². The number of likely N-dealkylation sites (tertiary alicyclic amines) is 1. The Labute approximate surface area is 181 Å². The molecule has 31 heavy (non-hydrogen) atoms. The van der Waals surface area contributed by atoms with Gasteiger partial charge in [-0.3, -0.25) is 0 Å². The van der Waals surface area contributed by atoms with Gasteiger partial charge in [0, 0.05) is 25.2 Å². The van der Waals surface area contributed by atoms with Gasteiger partial charge in [-0.15, -0.1) is 0 Å². The van der Waals surface area contributed by atoms with E-state index in [1.165, 1.54) is 10.1 Å². The fourth-order valence-electron chi connectivity index (χ4n) is 3.82. The summed E-state index contributed by atoms with van der Waals surface area (Å²) in [4.78, 5) is 27.2. The first-order chi connectivity index (χ1) is 14.8. The molecule has 3 aromatic rings. The Morgan fingerprint density at radius 2 is 1.84 bits per heavy atom. The normalized spacial score (nSPS) is 16.1. The number of hydrogen-bond acceptors (Lipinski definition) is 7. The number of aliphatic hydroxyl groups is 1. The lowest BCUT2D eigenvalue weighted by Crippen LogP contribution is -2.36. The number of fused-ring (bicyclic) bond motifs is 1. The first-order valence-electron chi connectivity index (χ1n) is 10.9. The zero-order valence-corrected chi connectivity index (χ0v) is 18.4. The lowest BCUT2D eigenvalue weighted by atomic mass is 9.87. The third kappa shape index (κ3) is 5.11. The van der Waals surface area contributed by atoms with E-state index in [-0.39, 0.29) is 11.5 Å². The summed E-state index contributed by atoms with van der Waals surface area (Å²) in [5.74, 6) is 1.34. The molecule has 0 bridgehead atoms. The van der Waals surface area contributed by atoms with E-state index in [1.807, 2.05) is 12.1 Å². The van der Waals surface area contributed by atoms with Crippen LogP contribution in [0.3, 0.4) is 0 Å². The van der Waals surface area contributed by atoms with E-state index < -0.39 is 5.69 Å². The molecule has 3 N–H and O–H groups in total. The van der Waals surface area contributed by atoms with Crippen molar-refractivity contribution in [3.63, 3.8) is 0 Å². The Balaban J connectivity index is 1.49. The van der Waals surface area contributed by atoms with Crippen LogP contribution in [0.2, 0.25) is 0 Å². The van der Waals surface area contributed by atoms with Crippen LogP contribution in [-0.2, 0) is 5.41 Å². The number of benzene rings is 1. The summed E-state index contributed by atoms with van der Waals surface area (Å²) in [5, 5.41) is 15.6. The molecule has 0 aliphatic carbocycles. The molecule has 0 saturated carbocycles. The molecule has 1 fully saturated rings. The average Bonchev–Trinajstić information content (AvgIpc) is 3.12. The van der Waals surface area contributed by atoms with Crippen LogP contribution < -0.4 is 11.0 Å². The molecule has 9 heteroatoms. The van der Waals surface area contributed by atoms with Crippen molar-refractivity contribution < 1.29 is 5.11 Å². The van der Waals surface area contributed by atoms with Crippen LogP contribution in [0.5, 0.6) is 0 Å². The fourth-order valence-corrected chi connectivity index (χ4v) is 3.82. The summed E-state index contributed by atoms with van der Waals surface area (Å²) < 4.78 is 1.49. The van der Waals surface area contributed by atoms with E-state index in [9.17, 15) is 9.90 Å². The first-order valence-corrected chi connectivity index (χ1v) is 10.9. The maximum atomic E-state index is 11.8. The minimum Gasteiger partial charge on any atom is -0.393 e. The molecule has 0 unspecified atom stereocenters. The van der Waals surface area contributed by atoms with E-state index >= 15 is 0 Å². The summed E-state index contributed by atoms with van der Waals surface area (Å²) in [6.07, 6.45) is 2.45. The van der Waals surface area contributed by atoms with E-state index in [4.69, 9.17) is 0 Å². The van der Waals surface area contributed by atoms with Gasteiger partial charge in [-0.1, -0.05) is 45.0 Å². The lowest BCUT2D eigenvalue weighted by Gasteiger charge is -2.29. The van der Waals surface area contributed by atoms with E-state index in [2.05, 4.69) is 63.2 Å². The standard InChI is InChI=1S/C22H31N7O2/c1-22(2,3)16-7-5-15(6-8-16)18-24-19(29-20(25-18)26-21(31)27-29)23-11-4-12-28-13-9-17(30)10-14-28/h5-8,17,30H,4,9-14H2,1-3H3,(H2,23,24,25,26,27,31). The second kappa shape index (κ2) is 8.76. The largest absolute Gasteiger partial charge is 0.393 e. The molecule has 1 saturated heterocycles. The summed E-state index contributed by atoms with van der Waals surface area (Å²) in [5.41, 5.74) is 1.72. The molecule has 4 rings (SSSR count). The zero-order chi connectivity index (χ0) is 22.0. The van der Waals surface area contributed by atoms with Gasteiger partial charge in [0.15, 0.2) is 5.82 Å². The number of nitrogens with zero attached hydrogens (tertiary/aromatic N) is 5. The second-order valence-electron chi connectivity index (χ2n) is 9.22. The van der Waals surface area contributed by atoms with Crippen LogP contribution in [0.15, 0.2) is 29.1 Å². The van der Waals surface area contributed by atoms with Crippen LogP contribution in [0.4, 0.5) is 5.95 Å². The van der Waals surface area contributed by atoms with Crippen LogP contribution in [0, 0.1) is 0 Å². The molecule has 1 aromatic carbocycles. The van der Waals surface area contributed by atoms with E-state index in [1.54, 1.807) is 0 Å². The highest BCUT2D eigenvalue weighted by molar-refractivity contribution is 5.59. The van der Waals surface area contributed by atoms with Crippen molar-refractivity contribution in [2.45, 2.75) is 51.6 Å². The van der Waals surface area contributed by atoms with Crippen molar-refractivity contribution >= 4 is 11.7 Å². The van der Waals surface area contributed by atoms with Crippen LogP contribution in [0.1, 0.15) is 45.6 Å². The number of H-pyrrole nitrogens is 1. The molecule has 0 atom stereocenters.